The lowest BCUT2D eigenvalue weighted by Crippen LogP contribution is -2.31. The molecule has 1 aromatic carbocycles. The number of benzene rings is 1. The van der Waals surface area contributed by atoms with Crippen LogP contribution in [0.25, 0.3) is 0 Å². The highest BCUT2D eigenvalue weighted by Gasteiger charge is 2.40. The summed E-state index contributed by atoms with van der Waals surface area (Å²) in [5.41, 5.74) is 1.70. The lowest BCUT2D eigenvalue weighted by molar-refractivity contribution is -0.121. The van der Waals surface area contributed by atoms with Crippen molar-refractivity contribution in [3.63, 3.8) is 0 Å². The number of carbonyl (C=O) groups is 2. The van der Waals surface area contributed by atoms with Gasteiger partial charge >= 0.3 is 0 Å². The number of imide groups is 1. The van der Waals surface area contributed by atoms with Crippen LogP contribution in [0.3, 0.4) is 0 Å². The molecule has 1 aromatic heterocycles. The molecule has 0 N–H and O–H groups in total. The molecule has 6 heteroatoms. The average Bonchev–Trinajstić information content (AvgIpc) is 2.76. The minimum absolute atomic E-state index is 0.176. The lowest BCUT2D eigenvalue weighted by atomic mass is 10.2. The molecule has 1 fully saturated rings. The number of hydrogen-bond acceptors (Lipinski definition) is 5. The van der Waals surface area contributed by atoms with Crippen LogP contribution < -0.4 is 4.90 Å². The molecule has 0 aliphatic carbocycles. The van der Waals surface area contributed by atoms with Crippen molar-refractivity contribution in [2.45, 2.75) is 23.8 Å². The Morgan fingerprint density at radius 2 is 1.81 bits per heavy atom. The summed E-state index contributed by atoms with van der Waals surface area (Å²) in [5.74, 6) is -0.390. The van der Waals surface area contributed by atoms with Crippen molar-refractivity contribution >= 4 is 29.3 Å². The maximum atomic E-state index is 12.4. The third-order valence-electron chi connectivity index (χ3n) is 3.19. The number of amides is 2. The standard InChI is InChI=1S/C15H13N3O2S/c1-10-3-5-11(6-4-10)18-13(19)9-12(14(18)20)21-15-16-7-2-8-17-15/h2-8,12H,9H2,1H3/t12-/m0/s1. The Morgan fingerprint density at radius 3 is 2.48 bits per heavy atom. The van der Waals surface area contributed by atoms with Crippen molar-refractivity contribution in [1.82, 2.24) is 9.97 Å². The van der Waals surface area contributed by atoms with Crippen molar-refractivity contribution in [2.75, 3.05) is 4.90 Å². The van der Waals surface area contributed by atoms with Crippen molar-refractivity contribution < 1.29 is 9.59 Å². The molecule has 2 aromatic rings. The second kappa shape index (κ2) is 5.65. The van der Waals surface area contributed by atoms with Crippen LogP contribution in [0.4, 0.5) is 5.69 Å². The van der Waals surface area contributed by atoms with E-state index in [0.717, 1.165) is 5.56 Å². The van der Waals surface area contributed by atoms with Crippen molar-refractivity contribution in [3.05, 3.63) is 48.3 Å². The third-order valence-corrected chi connectivity index (χ3v) is 4.26. The highest BCUT2D eigenvalue weighted by atomic mass is 32.2. The van der Waals surface area contributed by atoms with Crippen molar-refractivity contribution in [1.29, 1.82) is 0 Å². The molecule has 0 spiro atoms. The van der Waals surface area contributed by atoms with Gasteiger partial charge in [0, 0.05) is 18.8 Å². The van der Waals surface area contributed by atoms with Gasteiger partial charge in [0.05, 0.1) is 5.69 Å². The smallest absolute Gasteiger partial charge is 0.247 e. The number of rotatable bonds is 3. The second-order valence-electron chi connectivity index (χ2n) is 4.74. The van der Waals surface area contributed by atoms with Crippen LogP contribution in [0.1, 0.15) is 12.0 Å². The van der Waals surface area contributed by atoms with Gasteiger partial charge in [-0.1, -0.05) is 29.5 Å². The molecule has 1 aliphatic heterocycles. The van der Waals surface area contributed by atoms with Crippen LogP contribution in [0, 0.1) is 6.92 Å². The van der Waals surface area contributed by atoms with Gasteiger partial charge in [-0.2, -0.15) is 0 Å². The molecular weight excluding hydrogens is 286 g/mol. The summed E-state index contributed by atoms with van der Waals surface area (Å²) >= 11 is 1.23. The highest BCUT2D eigenvalue weighted by Crippen LogP contribution is 2.32. The zero-order valence-corrected chi connectivity index (χ0v) is 12.2. The number of nitrogens with zero attached hydrogens (tertiary/aromatic N) is 3. The molecule has 1 aliphatic rings. The topological polar surface area (TPSA) is 63.2 Å². The van der Waals surface area contributed by atoms with Gasteiger partial charge in [0.1, 0.15) is 5.25 Å². The van der Waals surface area contributed by atoms with Crippen molar-refractivity contribution in [2.24, 2.45) is 0 Å². The summed E-state index contributed by atoms with van der Waals surface area (Å²) in [6, 6.07) is 9.06. The van der Waals surface area contributed by atoms with E-state index in [1.807, 2.05) is 19.1 Å². The molecule has 106 valence electrons. The highest BCUT2D eigenvalue weighted by molar-refractivity contribution is 8.00. The van der Waals surface area contributed by atoms with E-state index in [4.69, 9.17) is 0 Å². The first kappa shape index (κ1) is 13.8. The van der Waals surface area contributed by atoms with Gasteiger partial charge in [-0.15, -0.1) is 0 Å². The van der Waals surface area contributed by atoms with E-state index in [1.165, 1.54) is 16.7 Å². The summed E-state index contributed by atoms with van der Waals surface area (Å²) in [7, 11) is 0. The molecule has 1 saturated heterocycles. The third kappa shape index (κ3) is 2.80. The van der Waals surface area contributed by atoms with E-state index < -0.39 is 5.25 Å². The first-order valence-electron chi connectivity index (χ1n) is 6.52. The van der Waals surface area contributed by atoms with Gasteiger partial charge < -0.3 is 0 Å². The van der Waals surface area contributed by atoms with Gasteiger partial charge in [-0.05, 0) is 25.1 Å². The molecule has 2 heterocycles. The summed E-state index contributed by atoms with van der Waals surface area (Å²) in [6.45, 7) is 1.96. The van der Waals surface area contributed by atoms with Crippen LogP contribution in [-0.2, 0) is 9.59 Å². The first-order valence-corrected chi connectivity index (χ1v) is 7.40. The number of anilines is 1. The number of aromatic nitrogens is 2. The Labute approximate surface area is 126 Å². The van der Waals surface area contributed by atoms with Crippen LogP contribution in [0.2, 0.25) is 0 Å². The van der Waals surface area contributed by atoms with Gasteiger partial charge in [-0.3, -0.25) is 9.59 Å². The second-order valence-corrected chi connectivity index (χ2v) is 5.91. The zero-order chi connectivity index (χ0) is 14.8. The summed E-state index contributed by atoms with van der Waals surface area (Å²) in [4.78, 5) is 34.0. The Morgan fingerprint density at radius 1 is 1.14 bits per heavy atom. The molecule has 5 nitrogen and oxygen atoms in total. The fourth-order valence-corrected chi connectivity index (χ4v) is 3.06. The molecule has 0 radical (unpaired) electrons. The van der Waals surface area contributed by atoms with E-state index in [2.05, 4.69) is 9.97 Å². The van der Waals surface area contributed by atoms with E-state index in [-0.39, 0.29) is 18.2 Å². The average molecular weight is 299 g/mol. The Hall–Kier alpha value is -2.21. The number of aryl methyl sites for hydroxylation is 1. The van der Waals surface area contributed by atoms with Crippen LogP contribution in [-0.4, -0.2) is 27.0 Å². The predicted octanol–water partition coefficient (Wildman–Crippen LogP) is 2.21. The van der Waals surface area contributed by atoms with E-state index in [1.54, 1.807) is 30.6 Å². The van der Waals surface area contributed by atoms with E-state index >= 15 is 0 Å². The quantitative estimate of drug-likeness (QED) is 0.642. The molecule has 3 rings (SSSR count). The summed E-state index contributed by atoms with van der Waals surface area (Å²) in [5, 5.41) is 0.0515. The normalized spacial score (nSPS) is 18.3. The summed E-state index contributed by atoms with van der Waals surface area (Å²) < 4.78 is 0. The van der Waals surface area contributed by atoms with Gasteiger partial charge in [0.25, 0.3) is 0 Å². The largest absolute Gasteiger partial charge is 0.274 e. The minimum atomic E-state index is -0.457. The monoisotopic (exact) mass is 299 g/mol. The van der Waals surface area contributed by atoms with Crippen LogP contribution in [0.15, 0.2) is 47.9 Å². The Bertz CT molecular complexity index is 673. The SMILES string of the molecule is Cc1ccc(N2C(=O)C[C@H](Sc3ncccn3)C2=O)cc1. The maximum absolute atomic E-state index is 12.4. The Kier molecular flexibility index (Phi) is 3.70. The summed E-state index contributed by atoms with van der Waals surface area (Å²) in [6.07, 6.45) is 3.41. The van der Waals surface area contributed by atoms with Gasteiger partial charge in [0.15, 0.2) is 5.16 Å². The first-order chi connectivity index (χ1) is 10.1. The van der Waals surface area contributed by atoms with Crippen molar-refractivity contribution in [3.8, 4) is 0 Å². The fraction of sp³-hybridized carbons (Fsp3) is 0.200. The number of hydrogen-bond donors (Lipinski definition) is 0. The van der Waals surface area contributed by atoms with Gasteiger partial charge in [0.2, 0.25) is 11.8 Å². The molecule has 0 saturated carbocycles. The predicted molar refractivity (Wildman–Crippen MR) is 80.0 cm³/mol. The minimum Gasteiger partial charge on any atom is -0.274 e. The number of thioether (sulfide) groups is 1. The van der Waals surface area contributed by atoms with E-state index in [0.29, 0.717) is 10.8 Å². The van der Waals surface area contributed by atoms with Crippen LogP contribution >= 0.6 is 11.8 Å². The van der Waals surface area contributed by atoms with Gasteiger partial charge in [-0.25, -0.2) is 14.9 Å². The molecule has 1 atom stereocenters. The molecule has 0 unspecified atom stereocenters. The lowest BCUT2D eigenvalue weighted by Gasteiger charge is -2.14. The molecule has 21 heavy (non-hydrogen) atoms. The van der Waals surface area contributed by atoms with E-state index in [9.17, 15) is 9.59 Å². The maximum Gasteiger partial charge on any atom is 0.247 e. The fourth-order valence-electron chi connectivity index (χ4n) is 2.13. The van der Waals surface area contributed by atoms with Crippen LogP contribution in [0.5, 0.6) is 0 Å². The Balaban J connectivity index is 1.80. The molecule has 2 amide bonds. The number of carbonyl (C=O) groups excluding carboxylic acids is 2. The molecular formula is C15H13N3O2S. The zero-order valence-electron chi connectivity index (χ0n) is 11.4. The molecule has 0 bridgehead atoms.